The number of nitrogens with one attached hydrogen (secondary N) is 1. The fourth-order valence-corrected chi connectivity index (χ4v) is 8.43. The molecule has 3 rings (SSSR count). The summed E-state index contributed by atoms with van der Waals surface area (Å²) in [5, 5.41) is 22.1. The SMILES string of the molecule is CC(C)=CCC/C(C)=C/CN1C(=O)[C@@]2(O[C@@H](CCO)[C@H]([Si](C)(C)F)[C@H]2C)c2cc(NC(=O)[C@H](C)O)ccc21. The van der Waals surface area contributed by atoms with E-state index in [1.807, 2.05) is 19.9 Å². The Balaban J connectivity index is 2.06. The number of halogens is 1. The first-order chi connectivity index (χ1) is 17.7. The van der Waals surface area contributed by atoms with Gasteiger partial charge in [0.05, 0.1) is 11.8 Å². The predicted molar refractivity (Wildman–Crippen MR) is 151 cm³/mol. The second-order valence-electron chi connectivity index (χ2n) is 11.5. The van der Waals surface area contributed by atoms with E-state index in [1.165, 1.54) is 12.5 Å². The van der Waals surface area contributed by atoms with Crippen molar-refractivity contribution >= 4 is 31.6 Å². The molecule has 7 nitrogen and oxygen atoms in total. The average Bonchev–Trinajstić information content (AvgIpc) is 3.23. The fraction of sp³-hybridized carbons (Fsp3) is 0.586. The number of carbonyl (C=O) groups is 2. The molecular formula is C29H43FN2O5Si. The molecule has 0 saturated carbocycles. The van der Waals surface area contributed by atoms with Crippen LogP contribution in [0, 0.1) is 5.92 Å². The van der Waals surface area contributed by atoms with Gasteiger partial charge < -0.3 is 29.3 Å². The minimum absolute atomic E-state index is 0.169. The molecule has 3 N–H and O–H groups in total. The number of allylic oxidation sites excluding steroid dienone is 3. The Bertz CT molecular complexity index is 1110. The monoisotopic (exact) mass is 546 g/mol. The maximum Gasteiger partial charge on any atom is 0.264 e. The van der Waals surface area contributed by atoms with Crippen molar-refractivity contribution in [1.82, 2.24) is 0 Å². The zero-order chi connectivity index (χ0) is 28.4. The van der Waals surface area contributed by atoms with Crippen LogP contribution in [0.2, 0.25) is 18.6 Å². The molecule has 210 valence electrons. The number of anilines is 2. The van der Waals surface area contributed by atoms with Gasteiger partial charge in [-0.1, -0.05) is 30.2 Å². The number of nitrogens with zero attached hydrogens (tertiary/aromatic N) is 1. The van der Waals surface area contributed by atoms with Crippen LogP contribution in [-0.2, 0) is 19.9 Å². The lowest BCUT2D eigenvalue weighted by atomic mass is 9.82. The van der Waals surface area contributed by atoms with Crippen LogP contribution in [0.5, 0.6) is 0 Å². The van der Waals surface area contributed by atoms with Gasteiger partial charge in [-0.05, 0) is 78.3 Å². The first-order valence-corrected chi connectivity index (χ1v) is 16.4. The Morgan fingerprint density at radius 2 is 1.97 bits per heavy atom. The van der Waals surface area contributed by atoms with Crippen LogP contribution < -0.4 is 10.2 Å². The minimum atomic E-state index is -3.30. The number of aliphatic hydroxyl groups excluding tert-OH is 2. The third kappa shape index (κ3) is 5.96. The van der Waals surface area contributed by atoms with Crippen LogP contribution in [0.25, 0.3) is 0 Å². The number of benzene rings is 1. The van der Waals surface area contributed by atoms with E-state index in [4.69, 9.17) is 4.74 Å². The molecule has 2 aliphatic rings. The maximum atomic E-state index is 15.7. The van der Waals surface area contributed by atoms with E-state index in [0.29, 0.717) is 23.5 Å². The molecule has 2 aliphatic heterocycles. The van der Waals surface area contributed by atoms with E-state index in [0.717, 1.165) is 18.4 Å². The van der Waals surface area contributed by atoms with Crippen LogP contribution in [0.15, 0.2) is 41.5 Å². The number of amides is 2. The van der Waals surface area contributed by atoms with Crippen molar-refractivity contribution in [2.24, 2.45) is 5.92 Å². The Morgan fingerprint density at radius 1 is 1.29 bits per heavy atom. The Kier molecular flexibility index (Phi) is 9.39. The van der Waals surface area contributed by atoms with Gasteiger partial charge in [0.1, 0.15) is 6.10 Å². The molecule has 1 aromatic carbocycles. The summed E-state index contributed by atoms with van der Waals surface area (Å²) >= 11 is 0. The van der Waals surface area contributed by atoms with Gasteiger partial charge in [-0.2, -0.15) is 0 Å². The zero-order valence-electron chi connectivity index (χ0n) is 23.7. The number of aliphatic hydroxyl groups is 2. The molecule has 1 spiro atoms. The van der Waals surface area contributed by atoms with Gasteiger partial charge in [-0.25, -0.2) is 0 Å². The number of fused-ring (bicyclic) bond motifs is 2. The third-order valence-electron chi connectivity index (χ3n) is 7.73. The summed E-state index contributed by atoms with van der Waals surface area (Å²) in [6.07, 6.45) is 4.46. The number of hydrogen-bond donors (Lipinski definition) is 3. The van der Waals surface area contributed by atoms with E-state index in [-0.39, 0.29) is 18.9 Å². The predicted octanol–water partition coefficient (Wildman–Crippen LogP) is 5.20. The van der Waals surface area contributed by atoms with Crippen molar-refractivity contribution in [2.75, 3.05) is 23.4 Å². The summed E-state index contributed by atoms with van der Waals surface area (Å²) in [4.78, 5) is 28.1. The van der Waals surface area contributed by atoms with Crippen LogP contribution in [0.3, 0.4) is 0 Å². The number of rotatable bonds is 10. The lowest BCUT2D eigenvalue weighted by molar-refractivity contribution is -0.146. The Morgan fingerprint density at radius 3 is 2.55 bits per heavy atom. The van der Waals surface area contributed by atoms with Gasteiger partial charge in [-0.3, -0.25) is 9.59 Å². The minimum Gasteiger partial charge on any atom is -0.396 e. The van der Waals surface area contributed by atoms with Crippen molar-refractivity contribution in [3.8, 4) is 0 Å². The number of hydrogen-bond acceptors (Lipinski definition) is 5. The molecule has 2 heterocycles. The van der Waals surface area contributed by atoms with E-state index in [1.54, 1.807) is 36.2 Å². The van der Waals surface area contributed by atoms with Crippen LogP contribution in [0.1, 0.15) is 59.4 Å². The quantitative estimate of drug-likeness (QED) is 0.213. The smallest absolute Gasteiger partial charge is 0.264 e. The molecule has 5 atom stereocenters. The maximum absolute atomic E-state index is 15.7. The molecule has 1 fully saturated rings. The first-order valence-electron chi connectivity index (χ1n) is 13.5. The lowest BCUT2D eigenvalue weighted by Gasteiger charge is -2.31. The highest BCUT2D eigenvalue weighted by Crippen LogP contribution is 2.60. The number of carbonyl (C=O) groups excluding carboxylic acids is 2. The van der Waals surface area contributed by atoms with Gasteiger partial charge in [0.15, 0.2) is 5.60 Å². The van der Waals surface area contributed by atoms with Crippen molar-refractivity contribution < 1.29 is 28.6 Å². The standard InChI is InChI=1S/C29H43FN2O5Si/c1-18(2)9-8-10-19(3)13-15-32-24-12-11-22(31-27(35)21(5)34)17-23(24)29(28(32)36)20(4)26(38(6,7)30)25(37-29)14-16-33/h9,11-13,17,20-21,25-26,33-34H,8,10,14-16H2,1-7H3,(H,31,35)/b19-13+/t20-,21+,25+,26-,29+/m1/s1. The van der Waals surface area contributed by atoms with Gasteiger partial charge >= 0.3 is 0 Å². The van der Waals surface area contributed by atoms with Crippen LogP contribution >= 0.6 is 0 Å². The summed E-state index contributed by atoms with van der Waals surface area (Å²) in [5.41, 5.74) is 2.17. The van der Waals surface area contributed by atoms with E-state index < -0.39 is 43.6 Å². The molecule has 1 saturated heterocycles. The van der Waals surface area contributed by atoms with Gasteiger partial charge in [0.25, 0.3) is 11.8 Å². The molecule has 1 aromatic rings. The van der Waals surface area contributed by atoms with Gasteiger partial charge in [0, 0.05) is 35.9 Å². The first kappa shape index (κ1) is 30.2. The van der Waals surface area contributed by atoms with E-state index >= 15 is 4.11 Å². The molecular weight excluding hydrogens is 503 g/mol. The van der Waals surface area contributed by atoms with Crippen molar-refractivity contribution in [3.05, 3.63) is 47.1 Å². The fourth-order valence-electron chi connectivity index (χ4n) is 5.89. The summed E-state index contributed by atoms with van der Waals surface area (Å²) in [5.74, 6) is -1.30. The highest BCUT2D eigenvalue weighted by molar-refractivity contribution is 6.72. The molecule has 0 aromatic heterocycles. The Hall–Kier alpha value is -2.33. The van der Waals surface area contributed by atoms with Crippen molar-refractivity contribution in [3.63, 3.8) is 0 Å². The summed E-state index contributed by atoms with van der Waals surface area (Å²) in [7, 11) is -3.30. The largest absolute Gasteiger partial charge is 0.396 e. The average molecular weight is 547 g/mol. The second kappa shape index (κ2) is 11.8. The molecule has 0 unspecified atom stereocenters. The van der Waals surface area contributed by atoms with Gasteiger partial charge in [-0.15, -0.1) is 0 Å². The summed E-state index contributed by atoms with van der Waals surface area (Å²) < 4.78 is 22.2. The Labute approximate surface area is 226 Å². The van der Waals surface area contributed by atoms with Crippen LogP contribution in [0.4, 0.5) is 15.5 Å². The lowest BCUT2D eigenvalue weighted by Crippen LogP contribution is -2.45. The zero-order valence-corrected chi connectivity index (χ0v) is 24.7. The van der Waals surface area contributed by atoms with Crippen molar-refractivity contribution in [2.45, 2.75) is 90.3 Å². The molecule has 2 amide bonds. The third-order valence-corrected chi connectivity index (χ3v) is 10.2. The molecule has 0 radical (unpaired) electrons. The molecule has 38 heavy (non-hydrogen) atoms. The highest BCUT2D eigenvalue weighted by Gasteiger charge is 2.66. The molecule has 0 aliphatic carbocycles. The van der Waals surface area contributed by atoms with E-state index in [2.05, 4.69) is 25.2 Å². The highest BCUT2D eigenvalue weighted by atomic mass is 28.4. The van der Waals surface area contributed by atoms with Gasteiger partial charge in [0.2, 0.25) is 8.41 Å². The second-order valence-corrected chi connectivity index (χ2v) is 15.3. The van der Waals surface area contributed by atoms with Crippen LogP contribution in [-0.4, -0.2) is 55.8 Å². The number of ether oxygens (including phenoxy) is 1. The topological polar surface area (TPSA) is 99.1 Å². The summed E-state index contributed by atoms with van der Waals surface area (Å²) in [6.45, 7) is 12.8. The van der Waals surface area contributed by atoms with Crippen molar-refractivity contribution in [1.29, 1.82) is 0 Å². The molecule has 9 heteroatoms. The van der Waals surface area contributed by atoms with E-state index in [9.17, 15) is 19.8 Å². The molecule has 0 bridgehead atoms. The summed E-state index contributed by atoms with van der Waals surface area (Å²) in [6, 6.07) is 5.18. The normalized spacial score (nSPS) is 26.1.